The van der Waals surface area contributed by atoms with Gasteiger partial charge in [-0.2, -0.15) is 5.10 Å². The number of aromatic nitrogens is 3. The van der Waals surface area contributed by atoms with Crippen LogP contribution in [0.25, 0.3) is 10.8 Å². The van der Waals surface area contributed by atoms with Crippen LogP contribution in [-0.4, -0.2) is 31.6 Å². The SMILES string of the molecule is C=CCn1c(COc2ccccc2)nnc1SC(C)C(=O)NN=C(C)c1ccc2ccccc2c1. The molecule has 1 heterocycles. The Kier molecular flexibility index (Phi) is 7.95. The van der Waals surface area contributed by atoms with E-state index < -0.39 is 5.25 Å². The molecule has 1 aromatic heterocycles. The molecule has 178 valence electrons. The molecule has 1 atom stereocenters. The average molecular weight is 486 g/mol. The van der Waals surface area contributed by atoms with Crippen LogP contribution >= 0.6 is 11.8 Å². The van der Waals surface area contributed by atoms with Gasteiger partial charge in [-0.15, -0.1) is 16.8 Å². The summed E-state index contributed by atoms with van der Waals surface area (Å²) in [6.45, 7) is 8.29. The molecule has 7 nitrogen and oxygen atoms in total. The molecule has 0 aliphatic heterocycles. The van der Waals surface area contributed by atoms with Crippen molar-refractivity contribution in [1.82, 2.24) is 20.2 Å². The van der Waals surface area contributed by atoms with E-state index >= 15 is 0 Å². The van der Waals surface area contributed by atoms with Crippen molar-refractivity contribution in [3.8, 4) is 5.75 Å². The van der Waals surface area contributed by atoms with Gasteiger partial charge < -0.3 is 4.74 Å². The third kappa shape index (κ3) is 6.16. The molecule has 1 amide bonds. The van der Waals surface area contributed by atoms with E-state index in [2.05, 4.69) is 51.6 Å². The molecule has 0 aliphatic carbocycles. The molecule has 0 saturated heterocycles. The number of hydrazone groups is 1. The average Bonchev–Trinajstić information content (AvgIpc) is 3.27. The van der Waals surface area contributed by atoms with Crippen LogP contribution in [0.1, 0.15) is 25.2 Å². The third-order valence-electron chi connectivity index (χ3n) is 5.37. The Bertz CT molecular complexity index is 1350. The quantitative estimate of drug-likeness (QED) is 0.144. The molecule has 0 aliphatic rings. The largest absolute Gasteiger partial charge is 0.486 e. The second kappa shape index (κ2) is 11.5. The molecular weight excluding hydrogens is 458 g/mol. The van der Waals surface area contributed by atoms with Gasteiger partial charge in [-0.25, -0.2) is 5.43 Å². The van der Waals surface area contributed by atoms with Crippen LogP contribution < -0.4 is 10.2 Å². The van der Waals surface area contributed by atoms with Gasteiger partial charge in [0.25, 0.3) is 5.91 Å². The molecule has 0 spiro atoms. The molecule has 1 unspecified atom stereocenters. The van der Waals surface area contributed by atoms with E-state index in [0.29, 0.717) is 17.5 Å². The maximum absolute atomic E-state index is 12.7. The Labute approximate surface area is 208 Å². The summed E-state index contributed by atoms with van der Waals surface area (Å²) in [7, 11) is 0. The highest BCUT2D eigenvalue weighted by molar-refractivity contribution is 8.00. The molecular formula is C27H27N5O2S. The summed E-state index contributed by atoms with van der Waals surface area (Å²) in [5.74, 6) is 1.20. The summed E-state index contributed by atoms with van der Waals surface area (Å²) in [5.41, 5.74) is 4.37. The van der Waals surface area contributed by atoms with Gasteiger partial charge in [0.1, 0.15) is 12.4 Å². The number of nitrogens with one attached hydrogen (secondary N) is 1. The maximum Gasteiger partial charge on any atom is 0.253 e. The highest BCUT2D eigenvalue weighted by Gasteiger charge is 2.20. The second-order valence-electron chi connectivity index (χ2n) is 7.90. The van der Waals surface area contributed by atoms with Gasteiger partial charge in [-0.05, 0) is 48.4 Å². The first-order chi connectivity index (χ1) is 17.0. The summed E-state index contributed by atoms with van der Waals surface area (Å²) in [5, 5.41) is 15.3. The minimum atomic E-state index is -0.432. The number of benzene rings is 3. The predicted molar refractivity (Wildman–Crippen MR) is 141 cm³/mol. The summed E-state index contributed by atoms with van der Waals surface area (Å²) in [6.07, 6.45) is 1.77. The number of rotatable bonds is 10. The molecule has 35 heavy (non-hydrogen) atoms. The van der Waals surface area contributed by atoms with E-state index in [4.69, 9.17) is 4.74 Å². The van der Waals surface area contributed by atoms with Crippen LogP contribution in [0.3, 0.4) is 0 Å². The van der Waals surface area contributed by atoms with Crippen LogP contribution in [0.5, 0.6) is 5.75 Å². The van der Waals surface area contributed by atoms with E-state index in [1.807, 2.05) is 66.9 Å². The number of hydrogen-bond acceptors (Lipinski definition) is 6. The van der Waals surface area contributed by atoms with E-state index in [1.54, 1.807) is 6.08 Å². The first-order valence-corrected chi connectivity index (χ1v) is 12.1. The van der Waals surface area contributed by atoms with Crippen molar-refractivity contribution in [2.45, 2.75) is 37.4 Å². The van der Waals surface area contributed by atoms with Gasteiger partial charge in [0, 0.05) is 6.54 Å². The third-order valence-corrected chi connectivity index (χ3v) is 6.45. The van der Waals surface area contributed by atoms with E-state index in [0.717, 1.165) is 27.8 Å². The zero-order valence-electron chi connectivity index (χ0n) is 19.7. The number of fused-ring (bicyclic) bond motifs is 1. The smallest absolute Gasteiger partial charge is 0.253 e. The number of thioether (sulfide) groups is 1. The summed E-state index contributed by atoms with van der Waals surface area (Å²) >= 11 is 1.31. The number of carbonyl (C=O) groups excluding carboxylic acids is 1. The number of nitrogens with zero attached hydrogens (tertiary/aromatic N) is 4. The molecule has 0 saturated carbocycles. The summed E-state index contributed by atoms with van der Waals surface area (Å²) < 4.78 is 7.71. The molecule has 0 radical (unpaired) electrons. The number of amides is 1. The Balaban J connectivity index is 1.39. The highest BCUT2D eigenvalue weighted by atomic mass is 32.2. The lowest BCUT2D eigenvalue weighted by atomic mass is 10.0. The summed E-state index contributed by atoms with van der Waals surface area (Å²) in [6, 6.07) is 23.8. The lowest BCUT2D eigenvalue weighted by Gasteiger charge is -2.12. The Morgan fingerprint density at radius 1 is 1.11 bits per heavy atom. The first kappa shape index (κ1) is 24.2. The number of ether oxygens (including phenoxy) is 1. The van der Waals surface area contributed by atoms with Crippen LogP contribution in [0.15, 0.2) is 95.7 Å². The monoisotopic (exact) mass is 485 g/mol. The Morgan fingerprint density at radius 2 is 1.86 bits per heavy atom. The van der Waals surface area contributed by atoms with Gasteiger partial charge in [0.05, 0.1) is 11.0 Å². The second-order valence-corrected chi connectivity index (χ2v) is 9.20. The number of para-hydroxylation sites is 1. The standard InChI is InChI=1S/C27H27N5O2S/c1-4-16-32-25(18-34-24-12-6-5-7-13-24)29-31-27(32)35-20(3)26(33)30-28-19(2)22-15-14-21-10-8-9-11-23(21)17-22/h4-15,17,20H,1,16,18H2,2-3H3,(H,30,33). The van der Waals surface area contributed by atoms with Crippen LogP contribution in [0.4, 0.5) is 0 Å². The molecule has 0 bridgehead atoms. The van der Waals surface area contributed by atoms with Crippen molar-refractivity contribution >= 4 is 34.2 Å². The highest BCUT2D eigenvalue weighted by Crippen LogP contribution is 2.23. The van der Waals surface area contributed by atoms with Crippen molar-refractivity contribution in [2.75, 3.05) is 0 Å². The molecule has 8 heteroatoms. The van der Waals surface area contributed by atoms with Gasteiger partial charge >= 0.3 is 0 Å². The van der Waals surface area contributed by atoms with Gasteiger partial charge in [-0.3, -0.25) is 9.36 Å². The van der Waals surface area contributed by atoms with Crippen molar-refractivity contribution in [2.24, 2.45) is 5.10 Å². The van der Waals surface area contributed by atoms with E-state index in [9.17, 15) is 4.79 Å². The Hall–Kier alpha value is -3.91. The number of hydrogen-bond donors (Lipinski definition) is 1. The van der Waals surface area contributed by atoms with E-state index in [1.165, 1.54) is 11.8 Å². The first-order valence-electron chi connectivity index (χ1n) is 11.3. The lowest BCUT2D eigenvalue weighted by Crippen LogP contribution is -2.28. The van der Waals surface area contributed by atoms with Crippen LogP contribution in [0, 0.1) is 0 Å². The summed E-state index contributed by atoms with van der Waals surface area (Å²) in [4.78, 5) is 12.7. The topological polar surface area (TPSA) is 81.4 Å². The molecule has 0 fully saturated rings. The minimum absolute atomic E-state index is 0.217. The van der Waals surface area contributed by atoms with Crippen molar-refractivity contribution in [3.05, 3.63) is 96.8 Å². The van der Waals surface area contributed by atoms with Crippen LogP contribution in [-0.2, 0) is 17.9 Å². The fraction of sp³-hybridized carbons (Fsp3) is 0.185. The molecule has 4 aromatic rings. The fourth-order valence-corrected chi connectivity index (χ4v) is 4.28. The van der Waals surface area contributed by atoms with Gasteiger partial charge in [0.15, 0.2) is 11.0 Å². The molecule has 1 N–H and O–H groups in total. The van der Waals surface area contributed by atoms with Crippen molar-refractivity contribution < 1.29 is 9.53 Å². The molecule has 4 rings (SSSR count). The number of carbonyl (C=O) groups is 1. The molecule has 3 aromatic carbocycles. The van der Waals surface area contributed by atoms with Crippen molar-refractivity contribution in [1.29, 1.82) is 0 Å². The minimum Gasteiger partial charge on any atom is -0.486 e. The van der Waals surface area contributed by atoms with E-state index in [-0.39, 0.29) is 12.5 Å². The van der Waals surface area contributed by atoms with Crippen molar-refractivity contribution in [3.63, 3.8) is 0 Å². The lowest BCUT2D eigenvalue weighted by molar-refractivity contribution is -0.120. The predicted octanol–water partition coefficient (Wildman–Crippen LogP) is 5.22. The van der Waals surface area contributed by atoms with Gasteiger partial charge in [0.2, 0.25) is 0 Å². The van der Waals surface area contributed by atoms with Crippen LogP contribution in [0.2, 0.25) is 0 Å². The zero-order valence-corrected chi connectivity index (χ0v) is 20.5. The Morgan fingerprint density at radius 3 is 2.63 bits per heavy atom. The maximum atomic E-state index is 12.7. The normalized spacial score (nSPS) is 12.3. The van der Waals surface area contributed by atoms with Gasteiger partial charge in [-0.1, -0.05) is 72.4 Å². The zero-order chi connectivity index (χ0) is 24.6. The number of allylic oxidation sites excluding steroid dienone is 1. The fourth-order valence-electron chi connectivity index (χ4n) is 3.41.